The van der Waals surface area contributed by atoms with Gasteiger partial charge in [0.1, 0.15) is 0 Å². The van der Waals surface area contributed by atoms with Crippen LogP contribution in [-0.2, 0) is 4.79 Å². The highest BCUT2D eigenvalue weighted by Gasteiger charge is 2.38. The molecule has 1 aromatic carbocycles. The van der Waals surface area contributed by atoms with E-state index in [9.17, 15) is 9.59 Å². The molecule has 1 aromatic heterocycles. The van der Waals surface area contributed by atoms with Gasteiger partial charge in [-0.15, -0.1) is 0 Å². The molecule has 138 valence electrons. The predicted molar refractivity (Wildman–Crippen MR) is 99.7 cm³/mol. The van der Waals surface area contributed by atoms with Crippen molar-refractivity contribution in [3.05, 3.63) is 30.0 Å². The minimum absolute atomic E-state index is 0.0233. The van der Waals surface area contributed by atoms with Crippen molar-refractivity contribution < 1.29 is 9.59 Å². The number of amides is 2. The first-order valence-electron chi connectivity index (χ1n) is 9.77. The first-order chi connectivity index (χ1) is 12.8. The van der Waals surface area contributed by atoms with Crippen molar-refractivity contribution in [3.63, 3.8) is 0 Å². The molecule has 26 heavy (non-hydrogen) atoms. The van der Waals surface area contributed by atoms with Gasteiger partial charge in [0.25, 0.3) is 5.91 Å². The van der Waals surface area contributed by atoms with Crippen LogP contribution >= 0.6 is 0 Å². The molecule has 2 amide bonds. The van der Waals surface area contributed by atoms with Crippen LogP contribution in [0.15, 0.2) is 24.3 Å². The molecule has 2 aromatic rings. The Balaban J connectivity index is 1.68. The summed E-state index contributed by atoms with van der Waals surface area (Å²) in [5, 5.41) is 11.2. The summed E-state index contributed by atoms with van der Waals surface area (Å²) >= 11 is 0. The number of para-hydroxylation sites is 1. The van der Waals surface area contributed by atoms with E-state index in [4.69, 9.17) is 0 Å². The Morgan fingerprint density at radius 3 is 2.85 bits per heavy atom. The third-order valence-corrected chi connectivity index (χ3v) is 5.78. The molecule has 2 fully saturated rings. The van der Waals surface area contributed by atoms with Crippen molar-refractivity contribution in [3.8, 4) is 0 Å². The average Bonchev–Trinajstić information content (AvgIpc) is 3.11. The molecule has 2 heterocycles. The van der Waals surface area contributed by atoms with Crippen molar-refractivity contribution >= 4 is 22.7 Å². The van der Waals surface area contributed by atoms with E-state index in [1.807, 2.05) is 29.2 Å². The molecule has 1 saturated heterocycles. The second-order valence-corrected chi connectivity index (χ2v) is 7.43. The van der Waals surface area contributed by atoms with Gasteiger partial charge in [-0.3, -0.25) is 14.7 Å². The molecule has 0 radical (unpaired) electrons. The Hall–Kier alpha value is -2.37. The highest BCUT2D eigenvalue weighted by atomic mass is 16.2. The zero-order valence-electron chi connectivity index (χ0n) is 15.0. The molecule has 0 spiro atoms. The molecule has 1 aliphatic carbocycles. The van der Waals surface area contributed by atoms with Gasteiger partial charge in [0, 0.05) is 24.5 Å². The molecule has 1 aliphatic heterocycles. The van der Waals surface area contributed by atoms with E-state index in [1.54, 1.807) is 0 Å². The fraction of sp³-hybridized carbons (Fsp3) is 0.550. The summed E-state index contributed by atoms with van der Waals surface area (Å²) in [6.45, 7) is 1.45. The molecule has 2 aliphatic rings. The van der Waals surface area contributed by atoms with Crippen molar-refractivity contribution in [2.45, 2.75) is 51.0 Å². The minimum atomic E-state index is -0.101. The first-order valence-corrected chi connectivity index (χ1v) is 9.77. The Morgan fingerprint density at radius 2 is 1.92 bits per heavy atom. The van der Waals surface area contributed by atoms with Gasteiger partial charge in [-0.2, -0.15) is 5.10 Å². The number of hydrogen-bond donors (Lipinski definition) is 2. The number of benzene rings is 1. The van der Waals surface area contributed by atoms with E-state index in [2.05, 4.69) is 15.5 Å². The number of nitrogens with one attached hydrogen (secondary N) is 2. The lowest BCUT2D eigenvalue weighted by Gasteiger charge is -2.39. The third kappa shape index (κ3) is 3.20. The molecule has 0 bridgehead atoms. The van der Waals surface area contributed by atoms with Crippen molar-refractivity contribution in [2.75, 3.05) is 13.1 Å². The molecule has 0 unspecified atom stereocenters. The van der Waals surface area contributed by atoms with Crippen LogP contribution in [0.25, 0.3) is 10.9 Å². The van der Waals surface area contributed by atoms with Crippen LogP contribution in [0.3, 0.4) is 0 Å². The maximum absolute atomic E-state index is 13.4. The van der Waals surface area contributed by atoms with Crippen LogP contribution in [0.4, 0.5) is 0 Å². The molecule has 2 N–H and O–H groups in total. The van der Waals surface area contributed by atoms with Gasteiger partial charge < -0.3 is 10.2 Å². The lowest BCUT2D eigenvalue weighted by atomic mass is 9.82. The van der Waals surface area contributed by atoms with Crippen molar-refractivity contribution in [2.24, 2.45) is 5.92 Å². The zero-order chi connectivity index (χ0) is 17.9. The van der Waals surface area contributed by atoms with E-state index in [-0.39, 0.29) is 23.8 Å². The van der Waals surface area contributed by atoms with Crippen molar-refractivity contribution in [1.82, 2.24) is 20.4 Å². The smallest absolute Gasteiger partial charge is 0.275 e. The molecular weight excluding hydrogens is 328 g/mol. The summed E-state index contributed by atoms with van der Waals surface area (Å²) < 4.78 is 0. The number of carbonyl (C=O) groups excluding carboxylic acids is 2. The minimum Gasteiger partial charge on any atom is -0.356 e. The van der Waals surface area contributed by atoms with E-state index < -0.39 is 0 Å². The fourth-order valence-electron chi connectivity index (χ4n) is 4.40. The first kappa shape index (κ1) is 17.1. The Kier molecular flexibility index (Phi) is 4.91. The quantitative estimate of drug-likeness (QED) is 0.826. The van der Waals surface area contributed by atoms with E-state index >= 15 is 0 Å². The van der Waals surface area contributed by atoms with Crippen molar-refractivity contribution in [1.29, 1.82) is 0 Å². The zero-order valence-corrected chi connectivity index (χ0v) is 15.0. The number of fused-ring (bicyclic) bond motifs is 2. The number of H-pyrrole nitrogens is 1. The van der Waals surface area contributed by atoms with Gasteiger partial charge in [0.2, 0.25) is 5.91 Å². The summed E-state index contributed by atoms with van der Waals surface area (Å²) in [6.07, 6.45) is 6.84. The topological polar surface area (TPSA) is 78.1 Å². The summed E-state index contributed by atoms with van der Waals surface area (Å²) in [5.74, 6) is -0.0370. The number of carbonyl (C=O) groups is 2. The maximum atomic E-state index is 13.4. The molecular formula is C20H26N4O2. The number of nitrogens with zero attached hydrogens (tertiary/aromatic N) is 2. The van der Waals surface area contributed by atoms with Gasteiger partial charge in [0.15, 0.2) is 5.69 Å². The summed E-state index contributed by atoms with van der Waals surface area (Å²) in [7, 11) is 0. The lowest BCUT2D eigenvalue weighted by molar-refractivity contribution is -0.128. The predicted octanol–water partition coefficient (Wildman–Crippen LogP) is 2.86. The maximum Gasteiger partial charge on any atom is 0.275 e. The number of rotatable bonds is 1. The molecule has 1 saturated carbocycles. The van der Waals surface area contributed by atoms with Gasteiger partial charge in [0.05, 0.1) is 11.4 Å². The fourth-order valence-corrected chi connectivity index (χ4v) is 4.40. The molecule has 6 heteroatoms. The number of hydrogen-bond acceptors (Lipinski definition) is 3. The van der Waals surface area contributed by atoms with Crippen LogP contribution < -0.4 is 5.32 Å². The van der Waals surface area contributed by atoms with Crippen LogP contribution in [-0.4, -0.2) is 46.0 Å². The van der Waals surface area contributed by atoms with Gasteiger partial charge in [-0.25, -0.2) is 0 Å². The summed E-state index contributed by atoms with van der Waals surface area (Å²) in [5.41, 5.74) is 1.34. The van der Waals surface area contributed by atoms with Gasteiger partial charge >= 0.3 is 0 Å². The SMILES string of the molecule is O=C1NCCCCCN(C(=O)c2n[nH]c3ccccc23)[C@H]2CCCC[C@@H]12. The Morgan fingerprint density at radius 1 is 1.08 bits per heavy atom. The van der Waals surface area contributed by atoms with Gasteiger partial charge in [-0.05, 0) is 38.2 Å². The lowest BCUT2D eigenvalue weighted by Crippen LogP contribution is -2.51. The number of aromatic nitrogens is 2. The average molecular weight is 354 g/mol. The largest absolute Gasteiger partial charge is 0.356 e. The van der Waals surface area contributed by atoms with E-state index in [1.165, 1.54) is 0 Å². The molecule has 6 nitrogen and oxygen atoms in total. The van der Waals surface area contributed by atoms with Crippen LogP contribution in [0, 0.1) is 5.92 Å². The molecule has 4 rings (SSSR count). The summed E-state index contributed by atoms with van der Waals surface area (Å²) in [6, 6.07) is 7.69. The normalized spacial score (nSPS) is 24.8. The third-order valence-electron chi connectivity index (χ3n) is 5.78. The Bertz CT molecular complexity index is 800. The standard InChI is InChI=1S/C20H26N4O2/c25-19-15-9-3-5-11-17(15)24(13-7-1-6-12-21-19)20(26)18-14-8-2-4-10-16(14)22-23-18/h2,4,8,10,15,17H,1,3,5-7,9,11-13H2,(H,21,25)(H,22,23)/t15-,17+/m1/s1. The van der Waals surface area contributed by atoms with Crippen LogP contribution in [0.2, 0.25) is 0 Å². The second-order valence-electron chi connectivity index (χ2n) is 7.43. The van der Waals surface area contributed by atoms with Crippen LogP contribution in [0.5, 0.6) is 0 Å². The summed E-state index contributed by atoms with van der Waals surface area (Å²) in [4.78, 5) is 28.0. The Labute approximate surface area is 153 Å². The second kappa shape index (κ2) is 7.48. The highest BCUT2D eigenvalue weighted by molar-refractivity contribution is 6.04. The van der Waals surface area contributed by atoms with Gasteiger partial charge in [-0.1, -0.05) is 31.0 Å². The monoisotopic (exact) mass is 354 g/mol. The van der Waals surface area contributed by atoms with E-state index in [0.29, 0.717) is 12.2 Å². The number of aromatic amines is 1. The highest BCUT2D eigenvalue weighted by Crippen LogP contribution is 2.31. The van der Waals surface area contributed by atoms with Crippen LogP contribution in [0.1, 0.15) is 55.4 Å². The molecule has 2 atom stereocenters. The van der Waals surface area contributed by atoms with E-state index in [0.717, 1.165) is 62.4 Å².